The van der Waals surface area contributed by atoms with Gasteiger partial charge in [-0.05, 0) is 49.6 Å². The van der Waals surface area contributed by atoms with Crippen LogP contribution in [0.4, 0.5) is 0 Å². The Morgan fingerprint density at radius 1 is 1.14 bits per heavy atom. The lowest BCUT2D eigenvalue weighted by molar-refractivity contribution is -0.133. The molecule has 2 atom stereocenters. The molecule has 2 aliphatic rings. The predicted octanol–water partition coefficient (Wildman–Crippen LogP) is 2.80. The molecule has 2 heterocycles. The van der Waals surface area contributed by atoms with Crippen LogP contribution in [0.5, 0.6) is 0 Å². The monoisotopic (exact) mass is 393 g/mol. The van der Waals surface area contributed by atoms with E-state index in [9.17, 15) is 14.4 Å². The Balaban J connectivity index is 1.41. The largest absolute Gasteiger partial charge is 0.342 e. The number of amides is 3. The lowest BCUT2D eigenvalue weighted by Gasteiger charge is -2.35. The maximum absolute atomic E-state index is 12.9. The third kappa shape index (κ3) is 3.65. The zero-order valence-corrected chi connectivity index (χ0v) is 16.8. The van der Waals surface area contributed by atoms with E-state index in [1.807, 2.05) is 36.1 Å². The average Bonchev–Trinajstić information content (AvgIpc) is 2.74. The normalized spacial score (nSPS) is 20.3. The number of likely N-dealkylation sites (tertiary alicyclic amines) is 1. The van der Waals surface area contributed by atoms with Gasteiger partial charge in [-0.25, -0.2) is 0 Å². The van der Waals surface area contributed by atoms with Crippen LogP contribution in [-0.4, -0.2) is 53.2 Å². The van der Waals surface area contributed by atoms with Gasteiger partial charge in [0.15, 0.2) is 0 Å². The fourth-order valence-corrected chi connectivity index (χ4v) is 4.50. The van der Waals surface area contributed by atoms with E-state index < -0.39 is 0 Å². The van der Waals surface area contributed by atoms with Crippen molar-refractivity contribution in [2.75, 3.05) is 19.6 Å². The molecule has 3 amide bonds. The highest BCUT2D eigenvalue weighted by Gasteiger charge is 2.32. The topological polar surface area (TPSA) is 83.7 Å². The molecule has 0 aromatic heterocycles. The van der Waals surface area contributed by atoms with E-state index >= 15 is 0 Å². The minimum atomic E-state index is -0.276. The minimum absolute atomic E-state index is 0.0785. The molecule has 2 aromatic rings. The summed E-state index contributed by atoms with van der Waals surface area (Å²) >= 11 is 0. The van der Waals surface area contributed by atoms with Gasteiger partial charge in [0, 0.05) is 48.6 Å². The Labute approximate surface area is 170 Å². The average molecular weight is 393 g/mol. The van der Waals surface area contributed by atoms with Crippen molar-refractivity contribution >= 4 is 28.5 Å². The Hall–Kier alpha value is -2.73. The van der Waals surface area contributed by atoms with Crippen molar-refractivity contribution in [2.24, 2.45) is 11.7 Å². The first-order valence-corrected chi connectivity index (χ1v) is 10.4. The molecule has 1 saturated heterocycles. The Kier molecular flexibility index (Phi) is 5.37. The lowest BCUT2D eigenvalue weighted by Crippen LogP contribution is -2.45. The van der Waals surface area contributed by atoms with Crippen LogP contribution in [0, 0.1) is 5.92 Å². The Morgan fingerprint density at radius 2 is 1.79 bits per heavy atom. The van der Waals surface area contributed by atoms with Gasteiger partial charge in [-0.1, -0.05) is 24.3 Å². The van der Waals surface area contributed by atoms with Crippen molar-refractivity contribution in [3.8, 4) is 0 Å². The molecule has 2 N–H and O–H groups in total. The fraction of sp³-hybridized carbons (Fsp3) is 0.435. The molecule has 0 aliphatic carbocycles. The molecule has 2 unspecified atom stereocenters. The van der Waals surface area contributed by atoms with Crippen LogP contribution in [0.15, 0.2) is 36.4 Å². The van der Waals surface area contributed by atoms with Crippen LogP contribution in [-0.2, 0) is 4.79 Å². The van der Waals surface area contributed by atoms with Crippen molar-refractivity contribution < 1.29 is 14.4 Å². The molecule has 0 saturated carbocycles. The van der Waals surface area contributed by atoms with Crippen LogP contribution in [0.2, 0.25) is 0 Å². The number of hydrogen-bond acceptors (Lipinski definition) is 4. The summed E-state index contributed by atoms with van der Waals surface area (Å²) in [5, 5.41) is 1.62. The molecule has 2 aliphatic heterocycles. The number of piperidine rings is 1. The summed E-state index contributed by atoms with van der Waals surface area (Å²) in [6, 6.07) is 11.1. The highest BCUT2D eigenvalue weighted by atomic mass is 16.2. The SMILES string of the molecule is CC(N)C1CCCN(C(=O)CCCN2C(=O)c3cccc4cccc(c34)C2=O)C1. The lowest BCUT2D eigenvalue weighted by atomic mass is 9.92. The second-order valence-corrected chi connectivity index (χ2v) is 8.18. The van der Waals surface area contributed by atoms with Gasteiger partial charge in [-0.15, -0.1) is 0 Å². The number of imide groups is 1. The molecular weight excluding hydrogens is 366 g/mol. The zero-order valence-electron chi connectivity index (χ0n) is 16.8. The van der Waals surface area contributed by atoms with Gasteiger partial charge in [0.05, 0.1) is 0 Å². The molecule has 0 spiro atoms. The van der Waals surface area contributed by atoms with Gasteiger partial charge in [0.25, 0.3) is 11.8 Å². The van der Waals surface area contributed by atoms with Crippen LogP contribution < -0.4 is 5.73 Å². The summed E-state index contributed by atoms with van der Waals surface area (Å²) in [4.78, 5) is 41.6. The zero-order chi connectivity index (χ0) is 20.5. The second kappa shape index (κ2) is 7.95. The second-order valence-electron chi connectivity index (χ2n) is 8.18. The third-order valence-electron chi connectivity index (χ3n) is 6.18. The first-order chi connectivity index (χ1) is 14.0. The number of nitrogens with zero attached hydrogens (tertiary/aromatic N) is 2. The minimum Gasteiger partial charge on any atom is -0.342 e. The van der Waals surface area contributed by atoms with Gasteiger partial charge in [0.2, 0.25) is 5.91 Å². The van der Waals surface area contributed by atoms with Crippen molar-refractivity contribution in [3.05, 3.63) is 47.5 Å². The van der Waals surface area contributed by atoms with E-state index in [1.54, 1.807) is 12.1 Å². The van der Waals surface area contributed by atoms with Gasteiger partial charge in [-0.2, -0.15) is 0 Å². The van der Waals surface area contributed by atoms with Gasteiger partial charge >= 0.3 is 0 Å². The van der Waals surface area contributed by atoms with Crippen LogP contribution >= 0.6 is 0 Å². The predicted molar refractivity (Wildman–Crippen MR) is 112 cm³/mol. The van der Waals surface area contributed by atoms with Crippen LogP contribution in [0.1, 0.15) is 53.3 Å². The maximum Gasteiger partial charge on any atom is 0.261 e. The highest BCUT2D eigenvalue weighted by molar-refractivity contribution is 6.25. The first kappa shape index (κ1) is 19.6. The van der Waals surface area contributed by atoms with Gasteiger partial charge < -0.3 is 10.6 Å². The number of nitrogens with two attached hydrogens (primary N) is 1. The Morgan fingerprint density at radius 3 is 2.41 bits per heavy atom. The van der Waals surface area contributed by atoms with E-state index in [0.717, 1.165) is 30.2 Å². The third-order valence-corrected chi connectivity index (χ3v) is 6.18. The summed E-state index contributed by atoms with van der Waals surface area (Å²) in [6.07, 6.45) is 2.83. The number of hydrogen-bond donors (Lipinski definition) is 1. The number of rotatable bonds is 5. The number of carbonyl (C=O) groups is 3. The molecular formula is C23H27N3O3. The van der Waals surface area contributed by atoms with E-state index in [0.29, 0.717) is 36.4 Å². The molecule has 152 valence electrons. The Bertz CT molecular complexity index is 918. The van der Waals surface area contributed by atoms with E-state index in [4.69, 9.17) is 5.73 Å². The first-order valence-electron chi connectivity index (χ1n) is 10.4. The van der Waals surface area contributed by atoms with Crippen molar-refractivity contribution in [3.63, 3.8) is 0 Å². The maximum atomic E-state index is 12.9. The molecule has 1 fully saturated rings. The van der Waals surface area contributed by atoms with E-state index in [1.165, 1.54) is 4.90 Å². The molecule has 29 heavy (non-hydrogen) atoms. The van der Waals surface area contributed by atoms with Gasteiger partial charge in [0.1, 0.15) is 0 Å². The van der Waals surface area contributed by atoms with E-state index in [2.05, 4.69) is 0 Å². The molecule has 6 heteroatoms. The summed E-state index contributed by atoms with van der Waals surface area (Å²) in [7, 11) is 0. The van der Waals surface area contributed by atoms with Crippen molar-refractivity contribution in [1.29, 1.82) is 0 Å². The summed E-state index contributed by atoms with van der Waals surface area (Å²) in [6.45, 7) is 3.70. The molecule has 2 aromatic carbocycles. The molecule has 4 rings (SSSR count). The highest BCUT2D eigenvalue weighted by Crippen LogP contribution is 2.30. The smallest absolute Gasteiger partial charge is 0.261 e. The standard InChI is InChI=1S/C23H27N3O3/c1-15(24)17-8-4-12-25(14-17)20(27)11-5-13-26-22(28)18-9-2-6-16-7-3-10-19(21(16)18)23(26)29/h2-3,6-7,9-10,15,17H,4-5,8,11-14,24H2,1H3. The van der Waals surface area contributed by atoms with Crippen molar-refractivity contribution in [2.45, 2.75) is 38.6 Å². The van der Waals surface area contributed by atoms with Gasteiger partial charge in [-0.3, -0.25) is 19.3 Å². The van der Waals surface area contributed by atoms with Crippen LogP contribution in [0.3, 0.4) is 0 Å². The molecule has 6 nitrogen and oxygen atoms in total. The fourth-order valence-electron chi connectivity index (χ4n) is 4.50. The molecule has 0 bridgehead atoms. The van der Waals surface area contributed by atoms with E-state index in [-0.39, 0.29) is 30.3 Å². The quantitative estimate of drug-likeness (QED) is 0.792. The number of benzene rings is 2. The van der Waals surface area contributed by atoms with Crippen molar-refractivity contribution in [1.82, 2.24) is 9.80 Å². The summed E-state index contributed by atoms with van der Waals surface area (Å²) < 4.78 is 0. The number of carbonyl (C=O) groups excluding carboxylic acids is 3. The molecule has 0 radical (unpaired) electrons. The summed E-state index contributed by atoms with van der Waals surface area (Å²) in [5.74, 6) is -0.131. The summed E-state index contributed by atoms with van der Waals surface area (Å²) in [5.41, 5.74) is 7.12. The van der Waals surface area contributed by atoms with Crippen LogP contribution in [0.25, 0.3) is 10.8 Å².